The normalized spacial score (nSPS) is 13.5. The first kappa shape index (κ1) is 24.4. The monoisotopic (exact) mass is 445 g/mol. The number of nitrogens with zero attached hydrogens (tertiary/aromatic N) is 5. The number of fused-ring (bicyclic) bond motifs is 1. The van der Waals surface area contributed by atoms with Crippen molar-refractivity contribution in [1.29, 1.82) is 0 Å². The Morgan fingerprint density at radius 2 is 1.82 bits per heavy atom. The van der Waals surface area contributed by atoms with Gasteiger partial charge in [-0.3, -0.25) is 4.79 Å². The van der Waals surface area contributed by atoms with Gasteiger partial charge in [-0.1, -0.05) is 32.6 Å². The van der Waals surface area contributed by atoms with E-state index in [-0.39, 0.29) is 5.56 Å². The molecule has 33 heavy (non-hydrogen) atoms. The number of hydrogen-bond acceptors (Lipinski definition) is 5. The highest BCUT2D eigenvalue weighted by atomic mass is 16.1. The molecule has 1 aliphatic heterocycles. The maximum atomic E-state index is 13.3. The van der Waals surface area contributed by atoms with Crippen molar-refractivity contribution >= 4 is 22.8 Å². The minimum atomic E-state index is -0.0482. The molecule has 0 amide bonds. The standard InChI is InChI=1S/C27H35N5O/c1-7-11-13-22-24(14-12-8-2)29-26-25(20(6)30-32(26)27(22)33)28-23-16-15-21(18-19(23)5)31(10-4)17-9-3/h15-16,18H,7-8,10-14H2,1-6H3. The van der Waals surface area contributed by atoms with Crippen molar-refractivity contribution in [2.45, 2.75) is 80.1 Å². The Balaban J connectivity index is 2.07. The molecular weight excluding hydrogens is 410 g/mol. The molecule has 6 heteroatoms. The molecule has 0 saturated carbocycles. The highest BCUT2D eigenvalue weighted by molar-refractivity contribution is 6.48. The van der Waals surface area contributed by atoms with E-state index in [1.54, 1.807) is 0 Å². The molecule has 0 saturated heterocycles. The van der Waals surface area contributed by atoms with Gasteiger partial charge in [0.05, 0.1) is 17.1 Å². The lowest BCUT2D eigenvalue weighted by Gasteiger charge is -2.16. The van der Waals surface area contributed by atoms with Gasteiger partial charge in [-0.05, 0) is 77.1 Å². The largest absolute Gasteiger partial charge is 0.302 e. The third-order valence-electron chi connectivity index (χ3n) is 5.88. The summed E-state index contributed by atoms with van der Waals surface area (Å²) >= 11 is 0. The lowest BCUT2D eigenvalue weighted by molar-refractivity contribution is 0.692. The Labute approximate surface area is 197 Å². The summed E-state index contributed by atoms with van der Waals surface area (Å²) in [6, 6.07) is 9.24. The van der Waals surface area contributed by atoms with Crippen LogP contribution in [-0.2, 0) is 12.8 Å². The molecule has 0 unspecified atom stereocenters. The lowest BCUT2D eigenvalue weighted by atomic mass is 10.0. The molecule has 3 rings (SSSR count). The minimum Gasteiger partial charge on any atom is -0.302 e. The van der Waals surface area contributed by atoms with Crippen LogP contribution in [0, 0.1) is 18.9 Å². The van der Waals surface area contributed by atoms with Crippen molar-refractivity contribution in [3.63, 3.8) is 0 Å². The zero-order valence-electron chi connectivity index (χ0n) is 20.8. The summed E-state index contributed by atoms with van der Waals surface area (Å²) in [4.78, 5) is 25.2. The van der Waals surface area contributed by atoms with E-state index in [9.17, 15) is 4.79 Å². The van der Waals surface area contributed by atoms with E-state index < -0.39 is 0 Å². The number of aromatic nitrogens is 2. The maximum absolute atomic E-state index is 13.3. The van der Waals surface area contributed by atoms with Crippen molar-refractivity contribution in [2.24, 2.45) is 10.1 Å². The van der Waals surface area contributed by atoms with Gasteiger partial charge in [0.2, 0.25) is 0 Å². The Hall–Kier alpha value is -3.20. The van der Waals surface area contributed by atoms with Crippen LogP contribution in [-0.4, -0.2) is 27.6 Å². The number of unbranched alkanes of at least 4 members (excludes halogenated alkanes) is 2. The van der Waals surface area contributed by atoms with Crippen molar-refractivity contribution in [1.82, 2.24) is 9.66 Å². The number of hydrogen-bond donors (Lipinski definition) is 0. The molecule has 2 aromatic rings. The van der Waals surface area contributed by atoms with Crippen molar-refractivity contribution in [2.75, 3.05) is 11.4 Å². The molecule has 0 N–H and O–H groups in total. The maximum Gasteiger partial charge on any atom is 0.277 e. The van der Waals surface area contributed by atoms with Crippen LogP contribution in [0.15, 0.2) is 33.1 Å². The quantitative estimate of drug-likeness (QED) is 0.383. The number of rotatable bonds is 9. The van der Waals surface area contributed by atoms with Crippen LogP contribution in [0.25, 0.3) is 0 Å². The molecule has 0 bridgehead atoms. The Morgan fingerprint density at radius 1 is 1.09 bits per heavy atom. The highest BCUT2D eigenvalue weighted by Crippen LogP contribution is 2.26. The van der Waals surface area contributed by atoms with Gasteiger partial charge in [-0.15, -0.1) is 0 Å². The zero-order chi connectivity index (χ0) is 24.0. The number of aryl methyl sites for hydroxylation is 2. The highest BCUT2D eigenvalue weighted by Gasteiger charge is 2.26. The molecule has 0 fully saturated rings. The fourth-order valence-electron chi connectivity index (χ4n) is 4.00. The molecule has 0 radical (unpaired) electrons. The second kappa shape index (κ2) is 11.1. The molecule has 0 aliphatic carbocycles. The minimum absolute atomic E-state index is 0.0482. The van der Waals surface area contributed by atoms with Crippen LogP contribution in [0.3, 0.4) is 0 Å². The summed E-state index contributed by atoms with van der Waals surface area (Å²) in [7, 11) is 0. The van der Waals surface area contributed by atoms with Crippen molar-refractivity contribution in [3.05, 3.63) is 51.2 Å². The summed E-state index contributed by atoms with van der Waals surface area (Å²) in [5.41, 5.74) is 5.97. The smallest absolute Gasteiger partial charge is 0.277 e. The van der Waals surface area contributed by atoms with Gasteiger partial charge < -0.3 is 4.90 Å². The molecule has 0 spiro atoms. The number of aliphatic imine (C=N–C) groups is 1. The molecular formula is C27H35N5O. The summed E-state index contributed by atoms with van der Waals surface area (Å²) < 4.78 is 1.45. The Bertz CT molecular complexity index is 1190. The van der Waals surface area contributed by atoms with Gasteiger partial charge in [-0.25, -0.2) is 9.98 Å². The van der Waals surface area contributed by atoms with E-state index in [4.69, 9.17) is 9.98 Å². The average Bonchev–Trinajstić information content (AvgIpc) is 3.12. The number of benzene rings is 1. The van der Waals surface area contributed by atoms with E-state index in [0.29, 0.717) is 17.2 Å². The molecule has 1 aliphatic rings. The van der Waals surface area contributed by atoms with Gasteiger partial charge in [-0.2, -0.15) is 9.78 Å². The van der Waals surface area contributed by atoms with E-state index in [2.05, 4.69) is 43.9 Å². The molecule has 2 heterocycles. The van der Waals surface area contributed by atoms with E-state index >= 15 is 0 Å². The molecule has 1 aromatic carbocycles. The SMILES string of the molecule is CC#CN(CC)c1ccc(N=C2C(C)=Nn3c2nc(CCCC)c(CCCC)c3=O)c(C)c1. The summed E-state index contributed by atoms with van der Waals surface area (Å²) in [6.45, 7) is 13.0. The fourth-order valence-corrected chi connectivity index (χ4v) is 4.00. The van der Waals surface area contributed by atoms with Gasteiger partial charge in [0.1, 0.15) is 5.71 Å². The zero-order valence-corrected chi connectivity index (χ0v) is 20.8. The van der Waals surface area contributed by atoms with Gasteiger partial charge in [0.15, 0.2) is 5.82 Å². The summed E-state index contributed by atoms with van der Waals surface area (Å²) in [5, 5.41) is 4.53. The van der Waals surface area contributed by atoms with Crippen LogP contribution < -0.4 is 10.5 Å². The second-order valence-electron chi connectivity index (χ2n) is 8.41. The van der Waals surface area contributed by atoms with Gasteiger partial charge in [0, 0.05) is 23.8 Å². The number of anilines is 1. The molecule has 1 aromatic heterocycles. The van der Waals surface area contributed by atoms with E-state index in [0.717, 1.165) is 73.3 Å². The predicted molar refractivity (Wildman–Crippen MR) is 138 cm³/mol. The molecule has 6 nitrogen and oxygen atoms in total. The first-order valence-electron chi connectivity index (χ1n) is 12.0. The molecule has 0 atom stereocenters. The Kier molecular flexibility index (Phi) is 8.21. The van der Waals surface area contributed by atoms with Crippen molar-refractivity contribution < 1.29 is 0 Å². The Morgan fingerprint density at radius 3 is 2.45 bits per heavy atom. The summed E-state index contributed by atoms with van der Waals surface area (Å²) in [6.07, 6.45) is 5.64. The predicted octanol–water partition coefficient (Wildman–Crippen LogP) is 5.40. The third kappa shape index (κ3) is 5.24. The second-order valence-corrected chi connectivity index (χ2v) is 8.41. The summed E-state index contributed by atoms with van der Waals surface area (Å²) in [5.74, 6) is 3.52. The van der Waals surface area contributed by atoms with E-state index in [1.807, 2.05) is 37.8 Å². The average molecular weight is 446 g/mol. The fraction of sp³-hybridized carbons (Fsp3) is 0.481. The third-order valence-corrected chi connectivity index (χ3v) is 5.88. The first-order chi connectivity index (χ1) is 15.9. The van der Waals surface area contributed by atoms with Crippen LogP contribution in [0.4, 0.5) is 11.4 Å². The van der Waals surface area contributed by atoms with Crippen molar-refractivity contribution in [3.8, 4) is 12.0 Å². The van der Waals surface area contributed by atoms with Crippen LogP contribution in [0.2, 0.25) is 0 Å². The van der Waals surface area contributed by atoms with Crippen LogP contribution >= 0.6 is 0 Å². The molecule has 174 valence electrons. The topological polar surface area (TPSA) is 62.9 Å². The first-order valence-corrected chi connectivity index (χ1v) is 12.0. The van der Waals surface area contributed by atoms with Gasteiger partial charge >= 0.3 is 0 Å². The van der Waals surface area contributed by atoms with Gasteiger partial charge in [0.25, 0.3) is 5.56 Å². The van der Waals surface area contributed by atoms with E-state index in [1.165, 1.54) is 4.68 Å². The van der Waals surface area contributed by atoms with Crippen LogP contribution in [0.1, 0.15) is 82.9 Å². The van der Waals surface area contributed by atoms with Crippen LogP contribution in [0.5, 0.6) is 0 Å². The lowest BCUT2D eigenvalue weighted by Crippen LogP contribution is -2.27.